The summed E-state index contributed by atoms with van der Waals surface area (Å²) in [7, 11) is 0. The van der Waals surface area contributed by atoms with Crippen LogP contribution in [-0.2, 0) is 4.79 Å². The number of aliphatic carboxylic acids is 1. The molecule has 1 fully saturated rings. The molecule has 0 saturated carbocycles. The number of carbonyl (C=O) groups is 3. The van der Waals surface area contributed by atoms with Crippen LogP contribution in [0.25, 0.3) is 0 Å². The Hall–Kier alpha value is -4.24. The summed E-state index contributed by atoms with van der Waals surface area (Å²) in [6, 6.07) is 18.9. The fraction of sp³-hybridized carbons (Fsp3) is 0.192. The molecule has 9 heteroatoms. The molecule has 4 rings (SSSR count). The van der Waals surface area contributed by atoms with Crippen LogP contribution in [0.4, 0.5) is 21.5 Å². The molecule has 3 aromatic carbocycles. The number of hydrogen-bond donors (Lipinski definition) is 3. The maximum absolute atomic E-state index is 14.1. The van der Waals surface area contributed by atoms with Gasteiger partial charge in [-0.1, -0.05) is 12.1 Å². The minimum Gasteiger partial charge on any atom is -0.480 e. The monoisotopic (exact) mass is 476 g/mol. The summed E-state index contributed by atoms with van der Waals surface area (Å²) in [4.78, 5) is 40.1. The van der Waals surface area contributed by atoms with Crippen LogP contribution in [0, 0.1) is 5.82 Å². The fourth-order valence-electron chi connectivity index (χ4n) is 3.87. The zero-order valence-electron chi connectivity index (χ0n) is 18.9. The van der Waals surface area contributed by atoms with Gasteiger partial charge in [0.05, 0.1) is 5.56 Å². The molecule has 0 spiro atoms. The van der Waals surface area contributed by atoms with Crippen LogP contribution >= 0.6 is 0 Å². The van der Waals surface area contributed by atoms with Crippen LogP contribution in [-0.4, -0.2) is 55.6 Å². The Balaban J connectivity index is 1.46. The lowest BCUT2D eigenvalue weighted by Gasteiger charge is -2.29. The molecular formula is C26H25FN4O4. The van der Waals surface area contributed by atoms with Crippen molar-refractivity contribution in [3.63, 3.8) is 0 Å². The lowest BCUT2D eigenvalue weighted by Crippen LogP contribution is -2.43. The third-order valence-corrected chi connectivity index (χ3v) is 5.69. The van der Waals surface area contributed by atoms with Crippen LogP contribution in [0.15, 0.2) is 72.8 Å². The van der Waals surface area contributed by atoms with Crippen molar-refractivity contribution in [2.24, 2.45) is 0 Å². The third-order valence-electron chi connectivity index (χ3n) is 5.69. The Morgan fingerprint density at radius 1 is 0.943 bits per heavy atom. The molecule has 0 radical (unpaired) electrons. The predicted molar refractivity (Wildman–Crippen MR) is 132 cm³/mol. The van der Waals surface area contributed by atoms with Crippen molar-refractivity contribution in [2.45, 2.75) is 0 Å². The van der Waals surface area contributed by atoms with E-state index in [1.165, 1.54) is 30.3 Å². The molecule has 35 heavy (non-hydrogen) atoms. The van der Waals surface area contributed by atoms with Gasteiger partial charge in [-0.15, -0.1) is 0 Å². The van der Waals surface area contributed by atoms with E-state index in [0.717, 1.165) is 42.8 Å². The Kier molecular flexibility index (Phi) is 7.37. The van der Waals surface area contributed by atoms with E-state index < -0.39 is 24.2 Å². The number of amides is 2. The summed E-state index contributed by atoms with van der Waals surface area (Å²) >= 11 is 0. The number of nitrogens with one attached hydrogen (secondary N) is 2. The number of piperazine rings is 1. The average molecular weight is 477 g/mol. The average Bonchev–Trinajstić information content (AvgIpc) is 2.88. The van der Waals surface area contributed by atoms with Gasteiger partial charge in [-0.25, -0.2) is 4.39 Å². The molecule has 0 aliphatic carbocycles. The Morgan fingerprint density at radius 2 is 1.60 bits per heavy atom. The second-order valence-electron chi connectivity index (χ2n) is 8.05. The summed E-state index contributed by atoms with van der Waals surface area (Å²) in [5.41, 5.74) is 2.06. The first-order valence-electron chi connectivity index (χ1n) is 11.2. The quantitative estimate of drug-likeness (QED) is 0.484. The second kappa shape index (κ2) is 10.8. The van der Waals surface area contributed by atoms with E-state index in [9.17, 15) is 23.9 Å². The summed E-state index contributed by atoms with van der Waals surface area (Å²) in [6.45, 7) is 3.03. The molecule has 1 heterocycles. The summed E-state index contributed by atoms with van der Waals surface area (Å²) in [5.74, 6) is -3.04. The van der Waals surface area contributed by atoms with Crippen molar-refractivity contribution >= 4 is 34.8 Å². The molecule has 3 N–H and O–H groups in total. The van der Waals surface area contributed by atoms with Crippen molar-refractivity contribution in [3.8, 4) is 0 Å². The van der Waals surface area contributed by atoms with E-state index in [-0.39, 0.29) is 17.2 Å². The number of rotatable bonds is 7. The van der Waals surface area contributed by atoms with Crippen molar-refractivity contribution in [1.82, 2.24) is 5.32 Å². The smallest absolute Gasteiger partial charge is 0.323 e. The van der Waals surface area contributed by atoms with Crippen LogP contribution in [0.3, 0.4) is 0 Å². The first-order valence-corrected chi connectivity index (χ1v) is 11.2. The standard InChI is InChI=1S/C26H25FN4O4/c27-23-4-2-1-3-22(23)26(35)31(17-24(32)33)21-11-7-19(8-12-21)29-25(34)18-5-9-20(10-6-18)30-15-13-28-14-16-30/h1-12,28H,13-17H2,(H,29,34)(H,32,33). The molecule has 1 aliphatic heterocycles. The van der Waals surface area contributed by atoms with E-state index in [0.29, 0.717) is 11.3 Å². The van der Waals surface area contributed by atoms with E-state index >= 15 is 0 Å². The van der Waals surface area contributed by atoms with Gasteiger partial charge in [-0.05, 0) is 60.7 Å². The van der Waals surface area contributed by atoms with Crippen LogP contribution in [0.1, 0.15) is 20.7 Å². The lowest BCUT2D eigenvalue weighted by molar-refractivity contribution is -0.135. The van der Waals surface area contributed by atoms with Gasteiger partial charge in [0.15, 0.2) is 0 Å². The lowest BCUT2D eigenvalue weighted by atomic mass is 10.1. The minimum atomic E-state index is -1.24. The van der Waals surface area contributed by atoms with Gasteiger partial charge in [0.2, 0.25) is 0 Å². The highest BCUT2D eigenvalue weighted by atomic mass is 19.1. The van der Waals surface area contributed by atoms with E-state index in [4.69, 9.17) is 0 Å². The van der Waals surface area contributed by atoms with Crippen LogP contribution in [0.2, 0.25) is 0 Å². The first kappa shape index (κ1) is 23.9. The van der Waals surface area contributed by atoms with Crippen molar-refractivity contribution in [1.29, 1.82) is 0 Å². The predicted octanol–water partition coefficient (Wildman–Crippen LogP) is 3.22. The Bertz CT molecular complexity index is 1210. The normalized spacial score (nSPS) is 13.2. The zero-order chi connectivity index (χ0) is 24.8. The highest BCUT2D eigenvalue weighted by Crippen LogP contribution is 2.22. The molecule has 1 aliphatic rings. The largest absolute Gasteiger partial charge is 0.480 e. The van der Waals surface area contributed by atoms with Gasteiger partial charge in [-0.3, -0.25) is 19.3 Å². The Morgan fingerprint density at radius 3 is 2.23 bits per heavy atom. The van der Waals surface area contributed by atoms with Gasteiger partial charge >= 0.3 is 5.97 Å². The third kappa shape index (κ3) is 5.82. The maximum Gasteiger partial charge on any atom is 0.323 e. The summed E-state index contributed by atoms with van der Waals surface area (Å²) < 4.78 is 14.1. The van der Waals surface area contributed by atoms with E-state index in [1.807, 2.05) is 12.1 Å². The van der Waals surface area contributed by atoms with E-state index in [2.05, 4.69) is 15.5 Å². The highest BCUT2D eigenvalue weighted by Gasteiger charge is 2.23. The SMILES string of the molecule is O=C(O)CN(C(=O)c1ccccc1F)c1ccc(NC(=O)c2ccc(N3CCNCC3)cc2)cc1. The molecule has 3 aromatic rings. The van der Waals surface area contributed by atoms with Crippen molar-refractivity contribution in [2.75, 3.05) is 47.8 Å². The fourth-order valence-corrected chi connectivity index (χ4v) is 3.87. The Labute approximate surface area is 202 Å². The minimum absolute atomic E-state index is 0.226. The summed E-state index contributed by atoms with van der Waals surface area (Å²) in [5, 5.41) is 15.4. The van der Waals surface area contributed by atoms with Gasteiger partial charge < -0.3 is 20.6 Å². The molecular weight excluding hydrogens is 451 g/mol. The number of carboxylic acids is 1. The maximum atomic E-state index is 14.1. The number of anilines is 3. The zero-order valence-corrected chi connectivity index (χ0v) is 18.9. The van der Waals surface area contributed by atoms with Gasteiger partial charge in [0.1, 0.15) is 12.4 Å². The number of benzene rings is 3. The molecule has 0 aromatic heterocycles. The van der Waals surface area contributed by atoms with Crippen LogP contribution in [0.5, 0.6) is 0 Å². The number of nitrogens with zero attached hydrogens (tertiary/aromatic N) is 2. The first-order chi connectivity index (χ1) is 16.9. The molecule has 0 unspecified atom stereocenters. The van der Waals surface area contributed by atoms with Crippen LogP contribution < -0.4 is 20.4 Å². The van der Waals surface area contributed by atoms with E-state index in [1.54, 1.807) is 24.3 Å². The molecule has 0 atom stereocenters. The van der Waals surface area contributed by atoms with Crippen molar-refractivity contribution in [3.05, 3.63) is 89.7 Å². The molecule has 2 amide bonds. The molecule has 0 bridgehead atoms. The van der Waals surface area contributed by atoms with Crippen molar-refractivity contribution < 1.29 is 23.9 Å². The summed E-state index contributed by atoms with van der Waals surface area (Å²) in [6.07, 6.45) is 0. The van der Waals surface area contributed by atoms with Gasteiger partial charge in [0.25, 0.3) is 11.8 Å². The second-order valence-corrected chi connectivity index (χ2v) is 8.05. The molecule has 8 nitrogen and oxygen atoms in total. The highest BCUT2D eigenvalue weighted by molar-refractivity contribution is 6.08. The molecule has 1 saturated heterocycles. The topological polar surface area (TPSA) is 102 Å². The number of carboxylic acid groups (broad SMARTS) is 1. The number of halogens is 1. The van der Waals surface area contributed by atoms with Gasteiger partial charge in [-0.2, -0.15) is 0 Å². The number of carbonyl (C=O) groups excluding carboxylic acids is 2. The van der Waals surface area contributed by atoms with Gasteiger partial charge in [0, 0.05) is 48.8 Å². The molecule has 180 valence electrons. The number of hydrogen-bond acceptors (Lipinski definition) is 5.